The topological polar surface area (TPSA) is 125 Å². The summed E-state index contributed by atoms with van der Waals surface area (Å²) in [5.74, 6) is -2.17. The molecular weight excluding hydrogens is 402 g/mol. The summed E-state index contributed by atoms with van der Waals surface area (Å²) >= 11 is 0. The van der Waals surface area contributed by atoms with Crippen molar-refractivity contribution < 1.29 is 29.0 Å². The van der Waals surface area contributed by atoms with E-state index >= 15 is 0 Å². The van der Waals surface area contributed by atoms with Gasteiger partial charge in [0.15, 0.2) is 0 Å². The second-order valence-electron chi connectivity index (χ2n) is 9.68. The lowest BCUT2D eigenvalue weighted by Crippen LogP contribution is -2.55. The molecule has 178 valence electrons. The average molecular weight is 442 g/mol. The number of carbonyl (C=O) groups excluding carboxylic acids is 3. The van der Waals surface area contributed by atoms with Gasteiger partial charge in [0.2, 0.25) is 11.8 Å². The maximum atomic E-state index is 13.0. The number of hydrogen-bond acceptors (Lipinski definition) is 5. The van der Waals surface area contributed by atoms with E-state index in [-0.39, 0.29) is 29.6 Å². The highest BCUT2D eigenvalue weighted by Gasteiger charge is 2.35. The predicted octanol–water partition coefficient (Wildman–Crippen LogP) is 2.39. The van der Waals surface area contributed by atoms with Gasteiger partial charge in [0, 0.05) is 19.0 Å². The van der Waals surface area contributed by atoms with Crippen LogP contribution in [0.2, 0.25) is 0 Å². The Hall–Kier alpha value is -2.32. The lowest BCUT2D eigenvalue weighted by atomic mass is 9.92. The van der Waals surface area contributed by atoms with Crippen LogP contribution < -0.4 is 10.6 Å². The van der Waals surface area contributed by atoms with E-state index in [1.165, 1.54) is 0 Å². The highest BCUT2D eigenvalue weighted by Crippen LogP contribution is 2.21. The molecule has 0 aromatic rings. The van der Waals surface area contributed by atoms with Crippen LogP contribution in [0.4, 0.5) is 4.79 Å². The Kier molecular flexibility index (Phi) is 9.77. The van der Waals surface area contributed by atoms with Crippen LogP contribution in [-0.4, -0.2) is 64.7 Å². The van der Waals surface area contributed by atoms with Gasteiger partial charge in [0.05, 0.1) is 0 Å². The van der Waals surface area contributed by atoms with Gasteiger partial charge in [-0.3, -0.25) is 9.59 Å². The molecule has 0 aromatic heterocycles. The molecule has 1 aliphatic rings. The number of piperidine rings is 1. The van der Waals surface area contributed by atoms with E-state index in [9.17, 15) is 24.3 Å². The lowest BCUT2D eigenvalue weighted by molar-refractivity contribution is -0.144. The first kappa shape index (κ1) is 26.7. The molecule has 1 unspecified atom stereocenters. The average Bonchev–Trinajstić information content (AvgIpc) is 2.67. The van der Waals surface area contributed by atoms with E-state index in [0.29, 0.717) is 32.4 Å². The summed E-state index contributed by atoms with van der Waals surface area (Å²) in [7, 11) is 0. The minimum Gasteiger partial charge on any atom is -0.480 e. The summed E-state index contributed by atoms with van der Waals surface area (Å²) in [5.41, 5.74) is -0.663. The minimum absolute atomic E-state index is 0.132. The Balaban J connectivity index is 2.68. The van der Waals surface area contributed by atoms with Crippen LogP contribution in [0.25, 0.3) is 0 Å². The second kappa shape index (κ2) is 11.3. The maximum absolute atomic E-state index is 13.0. The van der Waals surface area contributed by atoms with Crippen LogP contribution in [0.15, 0.2) is 0 Å². The summed E-state index contributed by atoms with van der Waals surface area (Å²) in [6.07, 6.45) is 0.896. The number of carbonyl (C=O) groups is 4. The number of aliphatic carboxylic acids is 1. The molecule has 31 heavy (non-hydrogen) atoms. The summed E-state index contributed by atoms with van der Waals surface area (Å²) in [6.45, 7) is 13.4. The first-order valence-corrected chi connectivity index (χ1v) is 11.1. The third kappa shape index (κ3) is 8.38. The molecule has 3 atom stereocenters. The second-order valence-corrected chi connectivity index (χ2v) is 9.68. The molecule has 0 spiro atoms. The van der Waals surface area contributed by atoms with Gasteiger partial charge in [-0.25, -0.2) is 9.59 Å². The van der Waals surface area contributed by atoms with Gasteiger partial charge < -0.3 is 25.4 Å². The fraction of sp³-hybridized carbons (Fsp3) is 0.818. The highest BCUT2D eigenvalue weighted by molar-refractivity contribution is 5.87. The zero-order valence-corrected chi connectivity index (χ0v) is 19.9. The van der Waals surface area contributed by atoms with Gasteiger partial charge in [-0.2, -0.15) is 0 Å². The molecule has 0 aromatic carbocycles. The van der Waals surface area contributed by atoms with Crippen LogP contribution in [0, 0.1) is 17.8 Å². The Morgan fingerprint density at radius 3 is 2.00 bits per heavy atom. The number of hydrogen-bond donors (Lipinski definition) is 3. The zero-order valence-electron chi connectivity index (χ0n) is 19.9. The van der Waals surface area contributed by atoms with Gasteiger partial charge >= 0.3 is 12.1 Å². The Morgan fingerprint density at radius 2 is 1.58 bits per heavy atom. The van der Waals surface area contributed by atoms with Crippen LogP contribution in [0.1, 0.15) is 67.7 Å². The number of carboxylic acids is 1. The third-order valence-electron chi connectivity index (χ3n) is 5.56. The molecule has 1 heterocycles. The van der Waals surface area contributed by atoms with Crippen LogP contribution in [-0.2, 0) is 19.1 Å². The molecule has 9 nitrogen and oxygen atoms in total. The molecule has 3 amide bonds. The predicted molar refractivity (Wildman–Crippen MR) is 116 cm³/mol. The molecule has 1 fully saturated rings. The molecule has 3 N–H and O–H groups in total. The van der Waals surface area contributed by atoms with Crippen molar-refractivity contribution in [1.29, 1.82) is 0 Å². The van der Waals surface area contributed by atoms with Crippen LogP contribution in [0.3, 0.4) is 0 Å². The molecule has 0 bridgehead atoms. The number of likely N-dealkylation sites (tertiary alicyclic amines) is 1. The van der Waals surface area contributed by atoms with Crippen molar-refractivity contribution in [2.45, 2.75) is 85.4 Å². The molecule has 0 saturated carbocycles. The Morgan fingerprint density at radius 1 is 1.03 bits per heavy atom. The minimum atomic E-state index is -1.04. The van der Waals surface area contributed by atoms with Crippen molar-refractivity contribution in [3.8, 4) is 0 Å². The van der Waals surface area contributed by atoms with E-state index in [1.54, 1.807) is 32.6 Å². The number of ether oxygens (including phenoxy) is 1. The van der Waals surface area contributed by atoms with E-state index in [2.05, 4.69) is 10.6 Å². The summed E-state index contributed by atoms with van der Waals surface area (Å²) in [5, 5.41) is 14.7. The number of rotatable bonds is 8. The van der Waals surface area contributed by atoms with Crippen molar-refractivity contribution in [3.63, 3.8) is 0 Å². The smallest absolute Gasteiger partial charge is 0.408 e. The van der Waals surface area contributed by atoms with Gasteiger partial charge in [-0.1, -0.05) is 34.1 Å². The monoisotopic (exact) mass is 441 g/mol. The summed E-state index contributed by atoms with van der Waals surface area (Å²) in [4.78, 5) is 50.8. The molecular formula is C22H39N3O6. The molecule has 1 aliphatic heterocycles. The first-order chi connectivity index (χ1) is 14.3. The molecule has 0 radical (unpaired) electrons. The fourth-order valence-corrected chi connectivity index (χ4v) is 3.46. The fourth-order valence-electron chi connectivity index (χ4n) is 3.46. The van der Waals surface area contributed by atoms with Crippen molar-refractivity contribution in [2.24, 2.45) is 17.8 Å². The van der Waals surface area contributed by atoms with E-state index in [4.69, 9.17) is 4.74 Å². The first-order valence-electron chi connectivity index (χ1n) is 11.1. The van der Waals surface area contributed by atoms with Gasteiger partial charge in [-0.05, 0) is 45.4 Å². The summed E-state index contributed by atoms with van der Waals surface area (Å²) in [6, 6.07) is -1.64. The normalized spacial score (nSPS) is 18.1. The van der Waals surface area contributed by atoms with E-state index in [0.717, 1.165) is 0 Å². The zero-order chi connectivity index (χ0) is 23.9. The number of nitrogens with zero attached hydrogens (tertiary/aromatic N) is 1. The van der Waals surface area contributed by atoms with Crippen LogP contribution >= 0.6 is 0 Å². The van der Waals surface area contributed by atoms with Crippen molar-refractivity contribution in [1.82, 2.24) is 15.5 Å². The van der Waals surface area contributed by atoms with E-state index in [1.807, 2.05) is 20.8 Å². The van der Waals surface area contributed by atoms with E-state index < -0.39 is 29.7 Å². The number of carboxylic acid groups (broad SMARTS) is 1. The Bertz CT molecular complexity index is 650. The van der Waals surface area contributed by atoms with Crippen LogP contribution in [0.5, 0.6) is 0 Å². The van der Waals surface area contributed by atoms with Crippen molar-refractivity contribution in [2.75, 3.05) is 13.1 Å². The molecule has 0 aliphatic carbocycles. The van der Waals surface area contributed by atoms with Gasteiger partial charge in [-0.15, -0.1) is 0 Å². The highest BCUT2D eigenvalue weighted by atomic mass is 16.6. The largest absolute Gasteiger partial charge is 0.480 e. The van der Waals surface area contributed by atoms with Crippen molar-refractivity contribution in [3.05, 3.63) is 0 Å². The lowest BCUT2D eigenvalue weighted by Gasteiger charge is -2.35. The number of amides is 3. The standard InChI is InChI=1S/C22H39N3O6/c1-8-14(4)17(20(28)29)23-18(26)15-9-11-25(12-10-15)19(27)16(13(2)3)24-21(30)31-22(5,6)7/h13-17H,8-12H2,1-7H3,(H,23,26)(H,24,30)(H,28,29)/t14?,16-,17-/m0/s1. The Labute approximate surface area is 185 Å². The molecule has 1 saturated heterocycles. The SMILES string of the molecule is CCC(C)[C@H](NC(=O)C1CCN(C(=O)[C@@H](NC(=O)OC(C)(C)C)C(C)C)CC1)C(=O)O. The number of nitrogens with one attached hydrogen (secondary N) is 2. The molecule has 9 heteroatoms. The van der Waals surface area contributed by atoms with Gasteiger partial charge in [0.1, 0.15) is 17.7 Å². The summed E-state index contributed by atoms with van der Waals surface area (Å²) < 4.78 is 5.27. The quantitative estimate of drug-likeness (QED) is 0.531. The van der Waals surface area contributed by atoms with Gasteiger partial charge in [0.25, 0.3) is 0 Å². The maximum Gasteiger partial charge on any atom is 0.408 e. The number of alkyl carbamates (subject to hydrolysis) is 1. The van der Waals surface area contributed by atoms with Crippen molar-refractivity contribution >= 4 is 23.9 Å². The third-order valence-corrected chi connectivity index (χ3v) is 5.56. The molecule has 1 rings (SSSR count).